The maximum atomic E-state index is 11.1. The molecule has 3 nitrogen and oxygen atoms in total. The van der Waals surface area contributed by atoms with Crippen LogP contribution in [0.25, 0.3) is 0 Å². The van der Waals surface area contributed by atoms with Gasteiger partial charge in [-0.05, 0) is 27.2 Å². The van der Waals surface area contributed by atoms with Crippen molar-refractivity contribution in [2.75, 3.05) is 0 Å². The molecule has 0 spiro atoms. The number of aromatic amines is 1. The van der Waals surface area contributed by atoms with Crippen LogP contribution in [-0.2, 0) is 13.0 Å². The second kappa shape index (κ2) is 4.28. The van der Waals surface area contributed by atoms with E-state index >= 15 is 0 Å². The van der Waals surface area contributed by atoms with E-state index in [2.05, 4.69) is 38.0 Å². The maximum Gasteiger partial charge on any atom is 0.304 e. The lowest BCUT2D eigenvalue weighted by Gasteiger charge is -2.20. The lowest BCUT2D eigenvalue weighted by Crippen LogP contribution is -2.35. The summed E-state index contributed by atoms with van der Waals surface area (Å²) in [4.78, 5) is 15.2. The van der Waals surface area contributed by atoms with Crippen LogP contribution in [0.5, 0.6) is 0 Å². The quantitative estimate of drug-likeness (QED) is 0.807. The van der Waals surface area contributed by atoms with Crippen molar-refractivity contribution >= 4 is 11.3 Å². The van der Waals surface area contributed by atoms with Crippen LogP contribution >= 0.6 is 11.3 Å². The Hall–Kier alpha value is -0.610. The molecule has 80 valence electrons. The maximum absolute atomic E-state index is 11.1. The number of thiazole rings is 1. The highest BCUT2D eigenvalue weighted by Gasteiger charge is 2.11. The van der Waals surface area contributed by atoms with E-state index in [0.29, 0.717) is 0 Å². The van der Waals surface area contributed by atoms with Crippen molar-refractivity contribution in [1.82, 2.24) is 10.3 Å². The van der Waals surface area contributed by atoms with Gasteiger partial charge in [0.15, 0.2) is 0 Å². The Morgan fingerprint density at radius 3 is 2.57 bits per heavy atom. The summed E-state index contributed by atoms with van der Waals surface area (Å²) in [6.45, 7) is 9.19. The average Bonchev–Trinajstić information content (AvgIpc) is 2.41. The SMILES string of the molecule is CCc1[nH]c(=O)sc1CNC(C)(C)C. The molecule has 0 bridgehead atoms. The monoisotopic (exact) mass is 214 g/mol. The van der Waals surface area contributed by atoms with Crippen LogP contribution in [0.2, 0.25) is 0 Å². The number of nitrogens with one attached hydrogen (secondary N) is 2. The summed E-state index contributed by atoms with van der Waals surface area (Å²) in [6.07, 6.45) is 0.889. The zero-order valence-corrected chi connectivity index (χ0v) is 10.0. The van der Waals surface area contributed by atoms with Gasteiger partial charge in [0.05, 0.1) is 0 Å². The third-order valence-corrected chi connectivity index (χ3v) is 2.86. The fraction of sp³-hybridized carbons (Fsp3) is 0.700. The van der Waals surface area contributed by atoms with E-state index in [1.165, 1.54) is 11.3 Å². The predicted molar refractivity (Wildman–Crippen MR) is 60.9 cm³/mol. The van der Waals surface area contributed by atoms with E-state index in [1.807, 2.05) is 0 Å². The lowest BCUT2D eigenvalue weighted by atomic mass is 10.1. The first kappa shape index (κ1) is 11.5. The molecule has 1 aromatic rings. The Kier molecular flexibility index (Phi) is 3.50. The Labute approximate surface area is 88.6 Å². The van der Waals surface area contributed by atoms with Crippen molar-refractivity contribution < 1.29 is 0 Å². The van der Waals surface area contributed by atoms with Crippen LogP contribution in [-0.4, -0.2) is 10.5 Å². The summed E-state index contributed by atoms with van der Waals surface area (Å²) in [5, 5.41) is 3.38. The fourth-order valence-corrected chi connectivity index (χ4v) is 2.03. The van der Waals surface area contributed by atoms with Gasteiger partial charge in [0.2, 0.25) is 0 Å². The zero-order chi connectivity index (χ0) is 10.8. The third-order valence-electron chi connectivity index (χ3n) is 1.94. The molecular formula is C10H18N2OS. The summed E-state index contributed by atoms with van der Waals surface area (Å²) in [5.74, 6) is 0. The van der Waals surface area contributed by atoms with Crippen molar-refractivity contribution in [3.05, 3.63) is 20.2 Å². The van der Waals surface area contributed by atoms with E-state index < -0.39 is 0 Å². The molecule has 0 aliphatic rings. The molecule has 0 atom stereocenters. The molecule has 0 fully saturated rings. The van der Waals surface area contributed by atoms with Gasteiger partial charge in [-0.15, -0.1) is 0 Å². The van der Waals surface area contributed by atoms with Gasteiger partial charge in [0, 0.05) is 22.7 Å². The Morgan fingerprint density at radius 1 is 1.43 bits per heavy atom. The number of H-pyrrole nitrogens is 1. The van der Waals surface area contributed by atoms with E-state index in [-0.39, 0.29) is 10.4 Å². The standard InChI is InChI=1S/C10H18N2OS/c1-5-7-8(14-9(13)12-7)6-11-10(2,3)4/h11H,5-6H2,1-4H3,(H,12,13). The number of hydrogen-bond donors (Lipinski definition) is 2. The molecule has 0 aliphatic carbocycles. The largest absolute Gasteiger partial charge is 0.316 e. The summed E-state index contributed by atoms with van der Waals surface area (Å²) in [7, 11) is 0. The van der Waals surface area contributed by atoms with Gasteiger partial charge in [0.25, 0.3) is 0 Å². The molecule has 0 radical (unpaired) electrons. The second-order valence-corrected chi connectivity index (χ2v) is 5.44. The van der Waals surface area contributed by atoms with Crippen molar-refractivity contribution in [2.45, 2.75) is 46.2 Å². The van der Waals surface area contributed by atoms with Crippen molar-refractivity contribution in [1.29, 1.82) is 0 Å². The molecular weight excluding hydrogens is 196 g/mol. The van der Waals surface area contributed by atoms with Gasteiger partial charge in [-0.2, -0.15) is 0 Å². The van der Waals surface area contributed by atoms with Gasteiger partial charge in [-0.25, -0.2) is 0 Å². The van der Waals surface area contributed by atoms with Gasteiger partial charge in [-0.3, -0.25) is 4.79 Å². The molecule has 0 amide bonds. The first-order valence-corrected chi connectivity index (χ1v) is 5.70. The highest BCUT2D eigenvalue weighted by molar-refractivity contribution is 7.09. The van der Waals surface area contributed by atoms with E-state index in [4.69, 9.17) is 0 Å². The second-order valence-electron chi connectivity index (χ2n) is 4.37. The van der Waals surface area contributed by atoms with E-state index in [0.717, 1.165) is 23.5 Å². The minimum atomic E-state index is 0.0487. The van der Waals surface area contributed by atoms with Crippen molar-refractivity contribution in [3.8, 4) is 0 Å². The minimum Gasteiger partial charge on any atom is -0.316 e. The van der Waals surface area contributed by atoms with Crippen LogP contribution in [0, 0.1) is 0 Å². The fourth-order valence-electron chi connectivity index (χ4n) is 1.17. The van der Waals surface area contributed by atoms with Crippen molar-refractivity contribution in [3.63, 3.8) is 0 Å². The number of aromatic nitrogens is 1. The van der Waals surface area contributed by atoms with E-state index in [9.17, 15) is 4.79 Å². The summed E-state index contributed by atoms with van der Waals surface area (Å²) in [5.41, 5.74) is 1.16. The summed E-state index contributed by atoms with van der Waals surface area (Å²) < 4.78 is 0. The molecule has 14 heavy (non-hydrogen) atoms. The van der Waals surface area contributed by atoms with Gasteiger partial charge in [-0.1, -0.05) is 18.3 Å². The highest BCUT2D eigenvalue weighted by atomic mass is 32.1. The predicted octanol–water partition coefficient (Wildman–Crippen LogP) is 1.89. The van der Waals surface area contributed by atoms with Crippen LogP contribution in [0.3, 0.4) is 0 Å². The first-order valence-electron chi connectivity index (χ1n) is 4.88. The molecule has 0 aromatic carbocycles. The Morgan fingerprint density at radius 2 is 2.07 bits per heavy atom. The summed E-state index contributed by atoms with van der Waals surface area (Å²) in [6, 6.07) is 0. The molecule has 1 aromatic heterocycles. The Balaban J connectivity index is 2.71. The zero-order valence-electron chi connectivity index (χ0n) is 9.23. The third kappa shape index (κ3) is 3.27. The number of rotatable bonds is 3. The molecule has 4 heteroatoms. The molecule has 1 rings (SSSR count). The molecule has 0 saturated carbocycles. The Bertz CT molecular complexity index is 346. The number of hydrogen-bond acceptors (Lipinski definition) is 3. The number of aryl methyl sites for hydroxylation is 1. The molecule has 0 aliphatic heterocycles. The first-order chi connectivity index (χ1) is 6.42. The topological polar surface area (TPSA) is 44.9 Å². The highest BCUT2D eigenvalue weighted by Crippen LogP contribution is 2.11. The van der Waals surface area contributed by atoms with Crippen molar-refractivity contribution in [2.24, 2.45) is 0 Å². The van der Waals surface area contributed by atoms with Gasteiger partial charge >= 0.3 is 4.87 Å². The normalized spacial score (nSPS) is 12.0. The molecule has 2 N–H and O–H groups in total. The van der Waals surface area contributed by atoms with Crippen LogP contribution in [0.1, 0.15) is 38.3 Å². The summed E-state index contributed by atoms with van der Waals surface area (Å²) >= 11 is 1.31. The lowest BCUT2D eigenvalue weighted by molar-refractivity contribution is 0.425. The molecule has 0 unspecified atom stereocenters. The average molecular weight is 214 g/mol. The van der Waals surface area contributed by atoms with Gasteiger partial charge in [0.1, 0.15) is 0 Å². The smallest absolute Gasteiger partial charge is 0.304 e. The molecule has 0 saturated heterocycles. The van der Waals surface area contributed by atoms with Crippen LogP contribution < -0.4 is 10.2 Å². The van der Waals surface area contributed by atoms with E-state index in [1.54, 1.807) is 0 Å². The van der Waals surface area contributed by atoms with Gasteiger partial charge < -0.3 is 10.3 Å². The molecule has 1 heterocycles. The van der Waals surface area contributed by atoms with Crippen LogP contribution in [0.4, 0.5) is 0 Å². The van der Waals surface area contributed by atoms with Crippen LogP contribution in [0.15, 0.2) is 4.79 Å². The minimum absolute atomic E-state index is 0.0487.